The normalized spacial score (nSPS) is 10.9. The van der Waals surface area contributed by atoms with Crippen LogP contribution < -0.4 is 15.8 Å². The van der Waals surface area contributed by atoms with Crippen LogP contribution in [0, 0.1) is 5.41 Å². The van der Waals surface area contributed by atoms with Gasteiger partial charge >= 0.3 is 5.97 Å². The Labute approximate surface area is 237 Å². The second-order valence-corrected chi connectivity index (χ2v) is 9.76. The molecule has 0 unspecified atom stereocenters. The number of nitrogen functional groups attached to an aromatic ring is 1. The Morgan fingerprint density at radius 2 is 1.68 bits per heavy atom. The molecule has 0 atom stereocenters. The highest BCUT2D eigenvalue weighted by molar-refractivity contribution is 6.01. The number of hydrogen-bond acceptors (Lipinski definition) is 4. The molecule has 5 aromatic rings. The number of nitrogens with two attached hydrogens (primary N) is 1. The third kappa shape index (κ3) is 5.53. The largest absolute Gasteiger partial charge is 0.497 e. The van der Waals surface area contributed by atoms with Gasteiger partial charge in [-0.25, -0.2) is 4.79 Å². The lowest BCUT2D eigenvalue weighted by atomic mass is 9.93. The molecule has 8 heteroatoms. The number of carboxylic acids is 1. The molecule has 5 N–H and O–H groups in total. The Morgan fingerprint density at radius 1 is 0.927 bits per heavy atom. The summed E-state index contributed by atoms with van der Waals surface area (Å²) in [4.78, 5) is 24.8. The molecule has 0 spiro atoms. The minimum absolute atomic E-state index is 0.00177. The average molecular weight is 547 g/mol. The number of amides is 1. The van der Waals surface area contributed by atoms with Crippen molar-refractivity contribution in [3.05, 3.63) is 125 Å². The van der Waals surface area contributed by atoms with Gasteiger partial charge in [0, 0.05) is 41.8 Å². The molecule has 1 amide bonds. The van der Waals surface area contributed by atoms with Gasteiger partial charge in [0.1, 0.15) is 11.6 Å². The number of aromatic carboxylic acids is 1. The van der Waals surface area contributed by atoms with Crippen molar-refractivity contribution in [1.29, 1.82) is 5.41 Å². The molecule has 1 heterocycles. The first-order valence-electron chi connectivity index (χ1n) is 13.1. The number of nitrogens with zero attached hydrogens (tertiary/aromatic N) is 1. The Hall–Kier alpha value is -5.37. The Kier molecular flexibility index (Phi) is 7.56. The number of carbonyl (C=O) groups excluding carboxylic acids is 1. The topological polar surface area (TPSA) is 130 Å². The van der Waals surface area contributed by atoms with E-state index in [4.69, 9.17) is 15.9 Å². The van der Waals surface area contributed by atoms with E-state index in [0.717, 1.165) is 27.6 Å². The fourth-order valence-electron chi connectivity index (χ4n) is 5.12. The van der Waals surface area contributed by atoms with Gasteiger partial charge < -0.3 is 25.5 Å². The predicted molar refractivity (Wildman–Crippen MR) is 160 cm³/mol. The second-order valence-electron chi connectivity index (χ2n) is 9.76. The van der Waals surface area contributed by atoms with Crippen molar-refractivity contribution >= 4 is 28.6 Å². The zero-order valence-corrected chi connectivity index (χ0v) is 22.8. The fourth-order valence-corrected chi connectivity index (χ4v) is 5.12. The van der Waals surface area contributed by atoms with Gasteiger partial charge in [-0.2, -0.15) is 0 Å². The number of fused-ring (bicyclic) bond motifs is 1. The van der Waals surface area contributed by atoms with Gasteiger partial charge in [0.05, 0.1) is 12.7 Å². The van der Waals surface area contributed by atoms with E-state index in [-0.39, 0.29) is 17.3 Å². The Morgan fingerprint density at radius 3 is 2.37 bits per heavy atom. The van der Waals surface area contributed by atoms with Crippen molar-refractivity contribution in [3.8, 4) is 16.9 Å². The van der Waals surface area contributed by atoms with Gasteiger partial charge in [0.25, 0.3) is 5.91 Å². The average Bonchev–Trinajstić information content (AvgIpc) is 3.32. The number of amidine groups is 1. The first-order chi connectivity index (χ1) is 19.8. The number of nitrogens with one attached hydrogen (secondary N) is 2. The standard InChI is InChI=1S/C33H30N4O4/c1-36-32(38)22-8-9-23(27(16-22)26-12-11-25(41-2)17-29(26)33(39)40)18-37-19-24(14-20-6-4-3-5-7-20)28-15-21(31(34)35)10-13-30(28)37/h3-13,15-17,19H,14,18H2,1-2H3,(H3,34,35)(H,36,38)(H,39,40). The molecule has 4 aromatic carbocycles. The van der Waals surface area contributed by atoms with Crippen LogP contribution in [0.25, 0.3) is 22.0 Å². The summed E-state index contributed by atoms with van der Waals surface area (Å²) in [6, 6.07) is 26.1. The van der Waals surface area contributed by atoms with Crippen molar-refractivity contribution in [1.82, 2.24) is 9.88 Å². The minimum atomic E-state index is -1.09. The lowest BCUT2D eigenvalue weighted by Gasteiger charge is -2.16. The second kappa shape index (κ2) is 11.4. The van der Waals surface area contributed by atoms with E-state index in [2.05, 4.69) is 28.2 Å². The maximum Gasteiger partial charge on any atom is 0.336 e. The number of carbonyl (C=O) groups is 2. The molecule has 0 aliphatic rings. The molecule has 0 radical (unpaired) electrons. The van der Waals surface area contributed by atoms with Crippen molar-refractivity contribution in [3.63, 3.8) is 0 Å². The van der Waals surface area contributed by atoms with Gasteiger partial charge in [-0.1, -0.05) is 36.4 Å². The third-order valence-corrected chi connectivity index (χ3v) is 7.20. The summed E-state index contributed by atoms with van der Waals surface area (Å²) in [5.74, 6) is -0.934. The van der Waals surface area contributed by atoms with Crippen molar-refractivity contribution in [2.75, 3.05) is 14.2 Å². The zero-order chi connectivity index (χ0) is 29.1. The summed E-state index contributed by atoms with van der Waals surface area (Å²) in [6.07, 6.45) is 2.78. The predicted octanol–water partition coefficient (Wildman–Crippen LogP) is 5.30. The van der Waals surface area contributed by atoms with E-state index in [1.165, 1.54) is 13.2 Å². The van der Waals surface area contributed by atoms with Crippen molar-refractivity contribution in [2.24, 2.45) is 5.73 Å². The molecular formula is C33H30N4O4. The number of benzene rings is 4. The van der Waals surface area contributed by atoms with Crippen molar-refractivity contribution < 1.29 is 19.4 Å². The van der Waals surface area contributed by atoms with E-state index in [0.29, 0.717) is 41.0 Å². The molecule has 0 saturated carbocycles. The lowest BCUT2D eigenvalue weighted by molar-refractivity contribution is 0.0697. The first-order valence-corrected chi connectivity index (χ1v) is 13.1. The summed E-state index contributed by atoms with van der Waals surface area (Å²) < 4.78 is 7.38. The zero-order valence-electron chi connectivity index (χ0n) is 22.8. The molecule has 5 rings (SSSR count). The van der Waals surface area contributed by atoms with Crippen LogP contribution in [0.5, 0.6) is 5.75 Å². The SMILES string of the molecule is CNC(=O)c1ccc(Cn2cc(Cc3ccccc3)c3cc(C(=N)N)ccc32)c(-c2ccc(OC)cc2C(=O)O)c1. The monoisotopic (exact) mass is 546 g/mol. The highest BCUT2D eigenvalue weighted by Crippen LogP contribution is 2.33. The maximum atomic E-state index is 12.5. The summed E-state index contributed by atoms with van der Waals surface area (Å²) >= 11 is 0. The number of carboxylic acid groups (broad SMARTS) is 1. The summed E-state index contributed by atoms with van der Waals surface area (Å²) in [7, 11) is 3.04. The number of ether oxygens (including phenoxy) is 1. The van der Waals surface area contributed by atoms with E-state index < -0.39 is 5.97 Å². The van der Waals surface area contributed by atoms with Gasteiger partial charge in [0.15, 0.2) is 0 Å². The number of hydrogen-bond donors (Lipinski definition) is 4. The van der Waals surface area contributed by atoms with Crippen LogP contribution in [0.4, 0.5) is 0 Å². The summed E-state index contributed by atoms with van der Waals surface area (Å²) in [6.45, 7) is 0.416. The number of methoxy groups -OCH3 is 1. The first kappa shape index (κ1) is 27.2. The molecule has 0 fully saturated rings. The molecule has 41 heavy (non-hydrogen) atoms. The molecule has 206 valence electrons. The van der Waals surface area contributed by atoms with Crippen LogP contribution in [0.3, 0.4) is 0 Å². The highest BCUT2D eigenvalue weighted by Gasteiger charge is 2.19. The molecular weight excluding hydrogens is 516 g/mol. The number of aromatic nitrogens is 1. The van der Waals surface area contributed by atoms with E-state index >= 15 is 0 Å². The summed E-state index contributed by atoms with van der Waals surface area (Å²) in [5, 5.41) is 21.6. The third-order valence-electron chi connectivity index (χ3n) is 7.20. The highest BCUT2D eigenvalue weighted by atomic mass is 16.5. The van der Waals surface area contributed by atoms with E-state index in [1.54, 1.807) is 31.3 Å². The van der Waals surface area contributed by atoms with Gasteiger partial charge in [-0.15, -0.1) is 0 Å². The maximum absolute atomic E-state index is 12.5. The van der Waals surface area contributed by atoms with E-state index in [9.17, 15) is 14.7 Å². The van der Waals surface area contributed by atoms with Crippen LogP contribution in [0.1, 0.15) is 43.0 Å². The quantitative estimate of drug-likeness (QED) is 0.147. The van der Waals surface area contributed by atoms with Crippen LogP contribution in [0.15, 0.2) is 91.1 Å². The van der Waals surface area contributed by atoms with Gasteiger partial charge in [-0.3, -0.25) is 10.2 Å². The van der Waals surface area contributed by atoms with Gasteiger partial charge in [0.2, 0.25) is 0 Å². The van der Waals surface area contributed by atoms with Crippen LogP contribution in [-0.2, 0) is 13.0 Å². The minimum Gasteiger partial charge on any atom is -0.497 e. The molecule has 1 aromatic heterocycles. The molecule has 0 aliphatic heterocycles. The van der Waals surface area contributed by atoms with Crippen LogP contribution >= 0.6 is 0 Å². The lowest BCUT2D eigenvalue weighted by Crippen LogP contribution is -2.18. The smallest absolute Gasteiger partial charge is 0.336 e. The molecule has 8 nitrogen and oxygen atoms in total. The molecule has 0 aliphatic carbocycles. The molecule has 0 bridgehead atoms. The number of rotatable bonds is 9. The van der Waals surface area contributed by atoms with Crippen LogP contribution in [0.2, 0.25) is 0 Å². The Bertz CT molecular complexity index is 1790. The fraction of sp³-hybridized carbons (Fsp3) is 0.121. The van der Waals surface area contributed by atoms with E-state index in [1.807, 2.05) is 42.5 Å². The molecule has 0 saturated heterocycles. The van der Waals surface area contributed by atoms with Crippen LogP contribution in [-0.4, -0.2) is 41.5 Å². The van der Waals surface area contributed by atoms with Crippen molar-refractivity contribution in [2.45, 2.75) is 13.0 Å². The Balaban J connectivity index is 1.67. The van der Waals surface area contributed by atoms with Gasteiger partial charge in [-0.05, 0) is 82.8 Å². The summed E-state index contributed by atoms with van der Waals surface area (Å²) in [5.41, 5.74) is 12.1.